The van der Waals surface area contributed by atoms with E-state index in [1.165, 1.54) is 11.1 Å². The predicted octanol–water partition coefficient (Wildman–Crippen LogP) is 3.61. The minimum Gasteiger partial charge on any atom is -0.389 e. The molecule has 0 aliphatic carbocycles. The van der Waals surface area contributed by atoms with Crippen molar-refractivity contribution < 1.29 is 5.11 Å². The van der Waals surface area contributed by atoms with Crippen LogP contribution in [0.5, 0.6) is 0 Å². The average Bonchev–Trinajstić information content (AvgIpc) is 2.59. The molecule has 1 nitrogen and oxygen atoms in total. The van der Waals surface area contributed by atoms with Gasteiger partial charge in [0.2, 0.25) is 0 Å². The quantitative estimate of drug-likeness (QED) is 0.884. The van der Waals surface area contributed by atoms with E-state index in [1.54, 1.807) is 0 Å². The lowest BCUT2D eigenvalue weighted by molar-refractivity contribution is 0.0642. The van der Waals surface area contributed by atoms with Crippen molar-refractivity contribution in [3.05, 3.63) is 35.4 Å². The first-order valence-corrected chi connectivity index (χ1v) is 7.46. The van der Waals surface area contributed by atoms with E-state index in [-0.39, 0.29) is 0 Å². The Hall–Kier alpha value is -0.470. The van der Waals surface area contributed by atoms with Gasteiger partial charge in [0.15, 0.2) is 0 Å². The Balaban J connectivity index is 2.04. The van der Waals surface area contributed by atoms with Crippen LogP contribution in [0.4, 0.5) is 0 Å². The molecule has 0 radical (unpaired) electrons. The van der Waals surface area contributed by atoms with Crippen LogP contribution in [0.15, 0.2) is 24.3 Å². The molecule has 0 saturated carbocycles. The number of hydrogen-bond donors (Lipinski definition) is 1. The second-order valence-electron chi connectivity index (χ2n) is 5.62. The lowest BCUT2D eigenvalue weighted by Gasteiger charge is -2.22. The number of benzene rings is 1. The van der Waals surface area contributed by atoms with E-state index < -0.39 is 5.60 Å². The van der Waals surface area contributed by atoms with Crippen LogP contribution in [0.2, 0.25) is 0 Å². The predicted molar refractivity (Wildman–Crippen MR) is 75.7 cm³/mol. The summed E-state index contributed by atoms with van der Waals surface area (Å²) >= 11 is 1.88. The molecular weight excluding hydrogens is 228 g/mol. The molecule has 1 aliphatic rings. The standard InChI is InChI=1S/C15H22OS/c1-11(2)14-6-4-13(5-7-14)9-15(16)8-12(3)17-10-15/h4-7,11-12,16H,8-10H2,1-3H3. The van der Waals surface area contributed by atoms with Crippen molar-refractivity contribution >= 4 is 11.8 Å². The highest BCUT2D eigenvalue weighted by Crippen LogP contribution is 2.36. The van der Waals surface area contributed by atoms with E-state index in [0.29, 0.717) is 11.2 Å². The van der Waals surface area contributed by atoms with Crippen molar-refractivity contribution in [2.45, 2.75) is 50.4 Å². The van der Waals surface area contributed by atoms with Gasteiger partial charge in [-0.15, -0.1) is 0 Å². The summed E-state index contributed by atoms with van der Waals surface area (Å²) < 4.78 is 0. The zero-order valence-electron chi connectivity index (χ0n) is 10.9. The molecule has 1 N–H and O–H groups in total. The summed E-state index contributed by atoms with van der Waals surface area (Å²) in [6.07, 6.45) is 1.71. The Morgan fingerprint density at radius 3 is 2.47 bits per heavy atom. The maximum absolute atomic E-state index is 10.5. The first kappa shape index (κ1) is 13.0. The van der Waals surface area contributed by atoms with E-state index in [2.05, 4.69) is 45.0 Å². The minimum atomic E-state index is -0.483. The monoisotopic (exact) mass is 250 g/mol. The fraction of sp³-hybridized carbons (Fsp3) is 0.600. The smallest absolute Gasteiger partial charge is 0.0788 e. The van der Waals surface area contributed by atoms with Gasteiger partial charge in [0.1, 0.15) is 0 Å². The molecule has 2 atom stereocenters. The van der Waals surface area contributed by atoms with Crippen molar-refractivity contribution in [1.29, 1.82) is 0 Å². The summed E-state index contributed by atoms with van der Waals surface area (Å²) in [5, 5.41) is 11.1. The Kier molecular flexibility index (Phi) is 3.84. The second kappa shape index (κ2) is 5.03. The largest absolute Gasteiger partial charge is 0.389 e. The van der Waals surface area contributed by atoms with Crippen molar-refractivity contribution in [2.24, 2.45) is 0 Å². The van der Waals surface area contributed by atoms with Crippen LogP contribution in [0.1, 0.15) is 44.2 Å². The third-order valence-electron chi connectivity index (χ3n) is 3.48. The number of rotatable bonds is 3. The molecule has 94 valence electrons. The summed E-state index contributed by atoms with van der Waals surface area (Å²) in [6, 6.07) is 8.71. The Labute approximate surface area is 109 Å². The molecule has 1 aromatic carbocycles. The van der Waals surface area contributed by atoms with E-state index in [4.69, 9.17) is 0 Å². The molecular formula is C15H22OS. The molecule has 1 heterocycles. The Morgan fingerprint density at radius 1 is 1.35 bits per heavy atom. The molecule has 1 aromatic rings. The molecule has 1 fully saturated rings. The van der Waals surface area contributed by atoms with Crippen LogP contribution in [0.3, 0.4) is 0 Å². The van der Waals surface area contributed by atoms with Crippen molar-refractivity contribution in [1.82, 2.24) is 0 Å². The lowest BCUT2D eigenvalue weighted by atomic mass is 9.91. The molecule has 2 heteroatoms. The molecule has 0 amide bonds. The lowest BCUT2D eigenvalue weighted by Crippen LogP contribution is -2.31. The molecule has 17 heavy (non-hydrogen) atoms. The molecule has 0 bridgehead atoms. The average molecular weight is 250 g/mol. The van der Waals surface area contributed by atoms with Crippen LogP contribution in [-0.4, -0.2) is 21.7 Å². The van der Waals surface area contributed by atoms with Crippen molar-refractivity contribution in [2.75, 3.05) is 5.75 Å². The first-order valence-electron chi connectivity index (χ1n) is 6.41. The third kappa shape index (κ3) is 3.26. The van der Waals surface area contributed by atoms with Gasteiger partial charge in [0.25, 0.3) is 0 Å². The van der Waals surface area contributed by atoms with E-state index in [9.17, 15) is 5.11 Å². The van der Waals surface area contributed by atoms with Gasteiger partial charge in [-0.2, -0.15) is 11.8 Å². The van der Waals surface area contributed by atoms with Gasteiger partial charge in [0, 0.05) is 17.4 Å². The van der Waals surface area contributed by atoms with E-state index in [0.717, 1.165) is 18.6 Å². The molecule has 0 aromatic heterocycles. The van der Waals surface area contributed by atoms with Crippen LogP contribution < -0.4 is 0 Å². The molecule has 1 aliphatic heterocycles. The van der Waals surface area contributed by atoms with Gasteiger partial charge >= 0.3 is 0 Å². The summed E-state index contributed by atoms with van der Waals surface area (Å²) in [7, 11) is 0. The highest BCUT2D eigenvalue weighted by Gasteiger charge is 2.35. The van der Waals surface area contributed by atoms with Crippen molar-refractivity contribution in [3.8, 4) is 0 Å². The van der Waals surface area contributed by atoms with Crippen LogP contribution >= 0.6 is 11.8 Å². The number of aliphatic hydroxyl groups is 1. The Morgan fingerprint density at radius 2 is 2.00 bits per heavy atom. The van der Waals surface area contributed by atoms with Gasteiger partial charge in [-0.3, -0.25) is 0 Å². The molecule has 2 rings (SSSR count). The van der Waals surface area contributed by atoms with Gasteiger partial charge < -0.3 is 5.11 Å². The summed E-state index contributed by atoms with van der Waals surface area (Å²) in [4.78, 5) is 0. The molecule has 0 spiro atoms. The first-order chi connectivity index (χ1) is 7.98. The third-order valence-corrected chi connectivity index (χ3v) is 4.92. The zero-order valence-corrected chi connectivity index (χ0v) is 11.8. The fourth-order valence-corrected chi connectivity index (χ4v) is 3.72. The normalized spacial score (nSPS) is 28.9. The van der Waals surface area contributed by atoms with Crippen LogP contribution in [0, 0.1) is 0 Å². The summed E-state index contributed by atoms with van der Waals surface area (Å²) in [5.41, 5.74) is 2.14. The number of hydrogen-bond acceptors (Lipinski definition) is 2. The highest BCUT2D eigenvalue weighted by molar-refractivity contribution is 8.00. The molecule has 1 saturated heterocycles. The maximum Gasteiger partial charge on any atom is 0.0788 e. The number of thioether (sulfide) groups is 1. The van der Waals surface area contributed by atoms with Gasteiger partial charge in [-0.1, -0.05) is 45.0 Å². The van der Waals surface area contributed by atoms with Gasteiger partial charge in [-0.25, -0.2) is 0 Å². The fourth-order valence-electron chi connectivity index (χ4n) is 2.47. The zero-order chi connectivity index (χ0) is 12.5. The van der Waals surface area contributed by atoms with E-state index in [1.807, 2.05) is 11.8 Å². The highest BCUT2D eigenvalue weighted by atomic mass is 32.2. The topological polar surface area (TPSA) is 20.2 Å². The second-order valence-corrected chi connectivity index (χ2v) is 7.05. The van der Waals surface area contributed by atoms with Crippen LogP contribution in [-0.2, 0) is 6.42 Å². The summed E-state index contributed by atoms with van der Waals surface area (Å²) in [6.45, 7) is 6.61. The maximum atomic E-state index is 10.5. The van der Waals surface area contributed by atoms with Crippen LogP contribution in [0.25, 0.3) is 0 Å². The minimum absolute atomic E-state index is 0.483. The SMILES string of the molecule is CC1CC(O)(Cc2ccc(C(C)C)cc2)CS1. The van der Waals surface area contributed by atoms with Gasteiger partial charge in [0.05, 0.1) is 5.60 Å². The van der Waals surface area contributed by atoms with Crippen molar-refractivity contribution in [3.63, 3.8) is 0 Å². The molecule has 2 unspecified atom stereocenters. The van der Waals surface area contributed by atoms with E-state index >= 15 is 0 Å². The van der Waals surface area contributed by atoms with Gasteiger partial charge in [-0.05, 0) is 23.5 Å². The summed E-state index contributed by atoms with van der Waals surface area (Å²) in [5.74, 6) is 1.45. The Bertz CT molecular complexity index is 371.